The van der Waals surface area contributed by atoms with Gasteiger partial charge in [-0.1, -0.05) is 24.3 Å². The van der Waals surface area contributed by atoms with Crippen LogP contribution >= 0.6 is 0 Å². The van der Waals surface area contributed by atoms with E-state index in [1.807, 2.05) is 6.07 Å². The third-order valence-corrected chi connectivity index (χ3v) is 4.54. The van der Waals surface area contributed by atoms with Crippen molar-refractivity contribution in [3.63, 3.8) is 0 Å². The smallest absolute Gasteiger partial charge is 0.425 e. The van der Waals surface area contributed by atoms with Gasteiger partial charge in [0.1, 0.15) is 16.7 Å². The van der Waals surface area contributed by atoms with Crippen molar-refractivity contribution in [2.75, 3.05) is 11.5 Å². The largest absolute Gasteiger partial charge is 0.462 e. The van der Waals surface area contributed by atoms with Crippen molar-refractivity contribution >= 4 is 34.9 Å². The van der Waals surface area contributed by atoms with Crippen LogP contribution in [0.2, 0.25) is 0 Å². The van der Waals surface area contributed by atoms with E-state index in [2.05, 4.69) is 5.10 Å². The molecule has 186 valence electrons. The van der Waals surface area contributed by atoms with Crippen molar-refractivity contribution in [2.24, 2.45) is 0 Å². The SMILES string of the molecule is CCOC(=O)c1cccc2c(N(C(=O)OC(C)(C)C)C(=O)OC(C)(C)C)n(-c3ccccc3)nc12. The van der Waals surface area contributed by atoms with E-state index >= 15 is 0 Å². The Bertz CT molecular complexity index is 1210. The highest BCUT2D eigenvalue weighted by molar-refractivity contribution is 6.16. The number of benzene rings is 2. The van der Waals surface area contributed by atoms with Gasteiger partial charge in [-0.15, -0.1) is 0 Å². The second-order valence-corrected chi connectivity index (χ2v) is 9.79. The highest BCUT2D eigenvalue weighted by atomic mass is 16.6. The summed E-state index contributed by atoms with van der Waals surface area (Å²) >= 11 is 0. The van der Waals surface area contributed by atoms with Gasteiger partial charge in [0.05, 0.1) is 17.9 Å². The van der Waals surface area contributed by atoms with E-state index in [0.29, 0.717) is 11.1 Å². The number of imide groups is 1. The number of amides is 2. The first-order chi connectivity index (χ1) is 16.3. The van der Waals surface area contributed by atoms with Gasteiger partial charge in [-0.2, -0.15) is 10.00 Å². The molecule has 35 heavy (non-hydrogen) atoms. The number of ether oxygens (including phenoxy) is 3. The van der Waals surface area contributed by atoms with Crippen LogP contribution in [-0.4, -0.2) is 45.7 Å². The summed E-state index contributed by atoms with van der Waals surface area (Å²) in [4.78, 5) is 40.3. The molecular weight excluding hydrogens is 450 g/mol. The standard InChI is InChI=1S/C26H31N3O6/c1-8-33-22(30)19-16-12-15-18-20(19)27-29(17-13-10-9-11-14-17)21(18)28(23(31)34-25(2,3)4)24(32)35-26(5,6)7/h9-16H,8H2,1-7H3. The molecule has 2 amide bonds. The van der Waals surface area contributed by atoms with Crippen molar-refractivity contribution in [3.8, 4) is 5.69 Å². The molecule has 0 spiro atoms. The van der Waals surface area contributed by atoms with E-state index in [1.165, 1.54) is 4.68 Å². The van der Waals surface area contributed by atoms with Gasteiger partial charge in [0.25, 0.3) is 0 Å². The summed E-state index contributed by atoms with van der Waals surface area (Å²) in [6, 6.07) is 13.8. The van der Waals surface area contributed by atoms with Gasteiger partial charge in [0.2, 0.25) is 0 Å². The van der Waals surface area contributed by atoms with Crippen LogP contribution < -0.4 is 4.90 Å². The van der Waals surface area contributed by atoms with Crippen LogP contribution in [0.3, 0.4) is 0 Å². The Balaban J connectivity index is 2.34. The third kappa shape index (κ3) is 5.98. The Morgan fingerprint density at radius 1 is 0.857 bits per heavy atom. The molecule has 3 rings (SSSR count). The molecule has 0 atom stereocenters. The molecule has 9 nitrogen and oxygen atoms in total. The first kappa shape index (κ1) is 25.7. The lowest BCUT2D eigenvalue weighted by Gasteiger charge is -2.28. The van der Waals surface area contributed by atoms with Crippen molar-refractivity contribution in [1.82, 2.24) is 9.78 Å². The van der Waals surface area contributed by atoms with Gasteiger partial charge < -0.3 is 14.2 Å². The van der Waals surface area contributed by atoms with Crippen molar-refractivity contribution in [1.29, 1.82) is 0 Å². The molecule has 2 aromatic carbocycles. The van der Waals surface area contributed by atoms with Gasteiger partial charge in [-0.25, -0.2) is 19.1 Å². The first-order valence-electron chi connectivity index (χ1n) is 11.3. The molecule has 0 saturated heterocycles. The van der Waals surface area contributed by atoms with Crippen LogP contribution in [0.5, 0.6) is 0 Å². The maximum absolute atomic E-state index is 13.4. The lowest BCUT2D eigenvalue weighted by atomic mass is 10.1. The van der Waals surface area contributed by atoms with Gasteiger partial charge in [0.15, 0.2) is 5.82 Å². The minimum absolute atomic E-state index is 0.0841. The zero-order valence-corrected chi connectivity index (χ0v) is 21.1. The van der Waals surface area contributed by atoms with Gasteiger partial charge >= 0.3 is 18.2 Å². The predicted octanol–water partition coefficient (Wildman–Crippen LogP) is 5.88. The molecule has 0 aliphatic carbocycles. The van der Waals surface area contributed by atoms with Crippen LogP contribution in [0.4, 0.5) is 15.4 Å². The highest BCUT2D eigenvalue weighted by Gasteiger charge is 2.37. The zero-order valence-electron chi connectivity index (χ0n) is 21.1. The summed E-state index contributed by atoms with van der Waals surface area (Å²) < 4.78 is 17.7. The maximum Gasteiger partial charge on any atom is 0.425 e. The molecule has 0 saturated carbocycles. The molecule has 0 bridgehead atoms. The van der Waals surface area contributed by atoms with E-state index in [0.717, 1.165) is 4.90 Å². The van der Waals surface area contributed by atoms with Gasteiger partial charge in [-0.3, -0.25) is 0 Å². The minimum Gasteiger partial charge on any atom is -0.462 e. The Kier molecular flexibility index (Phi) is 7.19. The molecule has 3 aromatic rings. The number of aromatic nitrogens is 2. The summed E-state index contributed by atoms with van der Waals surface area (Å²) in [6.07, 6.45) is -1.88. The number of rotatable bonds is 4. The Morgan fingerprint density at radius 2 is 1.43 bits per heavy atom. The van der Waals surface area contributed by atoms with Crippen LogP contribution in [0, 0.1) is 0 Å². The summed E-state index contributed by atoms with van der Waals surface area (Å²) in [5, 5.41) is 4.99. The first-order valence-corrected chi connectivity index (χ1v) is 11.3. The number of esters is 1. The average molecular weight is 482 g/mol. The van der Waals surface area contributed by atoms with E-state index in [4.69, 9.17) is 14.2 Å². The summed E-state index contributed by atoms with van der Waals surface area (Å²) in [7, 11) is 0. The van der Waals surface area contributed by atoms with Gasteiger partial charge in [0, 0.05) is 5.39 Å². The Labute approximate surface area is 204 Å². The molecule has 1 heterocycles. The fourth-order valence-electron chi connectivity index (χ4n) is 3.29. The second-order valence-electron chi connectivity index (χ2n) is 9.79. The fraction of sp³-hybridized carbons (Fsp3) is 0.385. The highest BCUT2D eigenvalue weighted by Crippen LogP contribution is 2.34. The molecule has 0 radical (unpaired) electrons. The van der Waals surface area contributed by atoms with E-state index in [1.54, 1.807) is 90.9 Å². The molecule has 0 unspecified atom stereocenters. The number of fused-ring (bicyclic) bond motifs is 1. The molecule has 9 heteroatoms. The lowest BCUT2D eigenvalue weighted by molar-refractivity contribution is 0.0426. The molecule has 0 N–H and O–H groups in total. The Morgan fingerprint density at radius 3 is 1.94 bits per heavy atom. The number of hydrogen-bond acceptors (Lipinski definition) is 7. The average Bonchev–Trinajstić information content (AvgIpc) is 3.11. The van der Waals surface area contributed by atoms with E-state index in [-0.39, 0.29) is 23.5 Å². The third-order valence-electron chi connectivity index (χ3n) is 4.54. The predicted molar refractivity (Wildman–Crippen MR) is 132 cm³/mol. The summed E-state index contributed by atoms with van der Waals surface area (Å²) in [5.41, 5.74) is -0.747. The van der Waals surface area contributed by atoms with Crippen LogP contribution in [0.25, 0.3) is 16.6 Å². The maximum atomic E-state index is 13.4. The van der Waals surface area contributed by atoms with Crippen molar-refractivity contribution < 1.29 is 28.6 Å². The van der Waals surface area contributed by atoms with Crippen LogP contribution in [0.1, 0.15) is 58.8 Å². The Hall–Kier alpha value is -3.88. The van der Waals surface area contributed by atoms with Gasteiger partial charge in [-0.05, 0) is 72.7 Å². The zero-order chi connectivity index (χ0) is 26.0. The summed E-state index contributed by atoms with van der Waals surface area (Å²) in [5.74, 6) is -0.482. The van der Waals surface area contributed by atoms with Crippen molar-refractivity contribution in [2.45, 2.75) is 59.7 Å². The van der Waals surface area contributed by atoms with Crippen molar-refractivity contribution in [3.05, 3.63) is 54.1 Å². The quantitative estimate of drug-likeness (QED) is 0.339. The number of para-hydroxylation sites is 1. The molecule has 0 aliphatic heterocycles. The molecule has 1 aromatic heterocycles. The fourth-order valence-corrected chi connectivity index (χ4v) is 3.29. The number of hydrogen-bond donors (Lipinski definition) is 0. The topological polar surface area (TPSA) is 100.0 Å². The minimum atomic E-state index is -0.938. The van der Waals surface area contributed by atoms with Crippen LogP contribution in [0.15, 0.2) is 48.5 Å². The number of carbonyl (C=O) groups excluding carboxylic acids is 3. The summed E-state index contributed by atoms with van der Waals surface area (Å²) in [6.45, 7) is 12.1. The molecule has 0 fully saturated rings. The number of nitrogens with zero attached hydrogens (tertiary/aromatic N) is 3. The molecule has 0 aliphatic rings. The van der Waals surface area contributed by atoms with E-state index < -0.39 is 29.4 Å². The second kappa shape index (κ2) is 9.77. The normalized spacial score (nSPS) is 11.7. The van der Waals surface area contributed by atoms with Crippen LogP contribution in [-0.2, 0) is 14.2 Å². The monoisotopic (exact) mass is 481 g/mol. The molecular formula is C26H31N3O6. The number of carbonyl (C=O) groups is 3. The number of anilines is 1. The van der Waals surface area contributed by atoms with E-state index in [9.17, 15) is 14.4 Å². The lowest BCUT2D eigenvalue weighted by Crippen LogP contribution is -2.44.